The molecule has 0 bridgehead atoms. The summed E-state index contributed by atoms with van der Waals surface area (Å²) < 4.78 is 10.4. The Morgan fingerprint density at radius 2 is 2.18 bits per heavy atom. The number of methoxy groups -OCH3 is 2. The fourth-order valence-corrected chi connectivity index (χ4v) is 1.34. The number of para-hydroxylation sites is 1. The number of anilines is 1. The van der Waals surface area contributed by atoms with Gasteiger partial charge in [-0.3, -0.25) is 5.43 Å². The molecule has 0 aromatic heterocycles. The molecule has 0 spiro atoms. The number of hydrogen-bond acceptors (Lipinski definition) is 5. The summed E-state index contributed by atoms with van der Waals surface area (Å²) in [4.78, 5) is 0. The molecule has 1 aromatic rings. The molecule has 0 fully saturated rings. The number of unbranched alkanes of at least 4 members (excludes halogenated alkanes) is 1. The smallest absolute Gasteiger partial charge is 0.185 e. The molecule has 0 aliphatic rings. The van der Waals surface area contributed by atoms with Crippen LogP contribution in [0.2, 0.25) is 0 Å². The van der Waals surface area contributed by atoms with Gasteiger partial charge >= 0.3 is 0 Å². The highest BCUT2D eigenvalue weighted by Crippen LogP contribution is 2.34. The first-order valence-corrected chi connectivity index (χ1v) is 5.43. The summed E-state index contributed by atoms with van der Waals surface area (Å²) in [7, 11) is 3.17. The second-order valence-corrected chi connectivity index (χ2v) is 3.33. The van der Waals surface area contributed by atoms with Gasteiger partial charge < -0.3 is 14.6 Å². The number of nitrogens with one attached hydrogen (secondary N) is 1. The predicted molar refractivity (Wildman–Crippen MR) is 68.0 cm³/mol. The lowest BCUT2D eigenvalue weighted by Crippen LogP contribution is -1.97. The molecule has 0 heterocycles. The Morgan fingerprint density at radius 3 is 2.82 bits per heavy atom. The fourth-order valence-electron chi connectivity index (χ4n) is 1.34. The van der Waals surface area contributed by atoms with Crippen molar-refractivity contribution in [2.45, 2.75) is 12.8 Å². The summed E-state index contributed by atoms with van der Waals surface area (Å²) in [6.45, 7) is 0.175. The Morgan fingerprint density at radius 1 is 1.35 bits per heavy atom. The maximum absolute atomic E-state index is 8.61. The summed E-state index contributed by atoms with van der Waals surface area (Å²) in [6, 6.07) is 5.52. The molecule has 5 heteroatoms. The largest absolute Gasteiger partial charge is 0.493 e. The number of hydrazone groups is 1. The van der Waals surface area contributed by atoms with Crippen molar-refractivity contribution in [2.75, 3.05) is 26.3 Å². The van der Waals surface area contributed by atoms with E-state index in [1.54, 1.807) is 20.4 Å². The Kier molecular flexibility index (Phi) is 5.88. The molecule has 0 radical (unpaired) electrons. The zero-order valence-corrected chi connectivity index (χ0v) is 10.1. The van der Waals surface area contributed by atoms with Crippen molar-refractivity contribution in [1.29, 1.82) is 0 Å². The summed E-state index contributed by atoms with van der Waals surface area (Å²) in [5.41, 5.74) is 3.62. The van der Waals surface area contributed by atoms with Crippen LogP contribution in [0.15, 0.2) is 23.3 Å². The second kappa shape index (κ2) is 7.51. The third kappa shape index (κ3) is 3.96. The van der Waals surface area contributed by atoms with E-state index >= 15 is 0 Å². The van der Waals surface area contributed by atoms with Gasteiger partial charge in [-0.1, -0.05) is 6.07 Å². The molecule has 0 saturated heterocycles. The second-order valence-electron chi connectivity index (χ2n) is 3.33. The van der Waals surface area contributed by atoms with Crippen molar-refractivity contribution in [2.24, 2.45) is 5.10 Å². The minimum atomic E-state index is 0.175. The maximum atomic E-state index is 8.61. The van der Waals surface area contributed by atoms with E-state index in [0.717, 1.165) is 12.1 Å². The average Bonchev–Trinajstić information content (AvgIpc) is 2.38. The number of nitrogens with zero attached hydrogens (tertiary/aromatic N) is 1. The zero-order valence-electron chi connectivity index (χ0n) is 10.1. The van der Waals surface area contributed by atoms with Crippen molar-refractivity contribution in [3.05, 3.63) is 18.2 Å². The van der Waals surface area contributed by atoms with Crippen LogP contribution in [-0.4, -0.2) is 32.1 Å². The van der Waals surface area contributed by atoms with Gasteiger partial charge in [0.2, 0.25) is 0 Å². The maximum Gasteiger partial charge on any atom is 0.185 e. The number of rotatable bonds is 7. The third-order valence-corrected chi connectivity index (χ3v) is 2.17. The molecule has 0 amide bonds. The van der Waals surface area contributed by atoms with E-state index in [2.05, 4.69) is 10.5 Å². The molecule has 5 nitrogen and oxygen atoms in total. The van der Waals surface area contributed by atoms with Gasteiger partial charge in [-0.25, -0.2) is 0 Å². The quantitative estimate of drug-likeness (QED) is 0.432. The zero-order chi connectivity index (χ0) is 12.5. The van der Waals surface area contributed by atoms with Crippen molar-refractivity contribution in [3.63, 3.8) is 0 Å². The topological polar surface area (TPSA) is 63.1 Å². The van der Waals surface area contributed by atoms with E-state index in [1.807, 2.05) is 18.2 Å². The van der Waals surface area contributed by atoms with E-state index in [-0.39, 0.29) is 6.61 Å². The van der Waals surface area contributed by atoms with Gasteiger partial charge in [0.05, 0.1) is 14.2 Å². The molecule has 1 aromatic carbocycles. The SMILES string of the molecule is COc1cccc(N/N=C/CCCO)c1OC. The van der Waals surface area contributed by atoms with Gasteiger partial charge in [0.15, 0.2) is 11.5 Å². The molecule has 0 aliphatic heterocycles. The summed E-state index contributed by atoms with van der Waals surface area (Å²) in [5.74, 6) is 1.28. The number of aliphatic hydroxyl groups is 1. The van der Waals surface area contributed by atoms with Crippen LogP contribution in [0.25, 0.3) is 0 Å². The van der Waals surface area contributed by atoms with Gasteiger partial charge in [0, 0.05) is 12.8 Å². The molecular formula is C12H18N2O3. The van der Waals surface area contributed by atoms with E-state index < -0.39 is 0 Å². The average molecular weight is 238 g/mol. The minimum Gasteiger partial charge on any atom is -0.493 e. The Labute approximate surface area is 101 Å². The number of ether oxygens (including phenoxy) is 2. The van der Waals surface area contributed by atoms with E-state index in [0.29, 0.717) is 17.9 Å². The molecule has 0 saturated carbocycles. The molecule has 1 rings (SSSR count). The van der Waals surface area contributed by atoms with Crippen LogP contribution < -0.4 is 14.9 Å². The van der Waals surface area contributed by atoms with E-state index in [1.165, 1.54) is 0 Å². The van der Waals surface area contributed by atoms with Gasteiger partial charge in [-0.05, 0) is 25.0 Å². The Bertz CT molecular complexity index is 367. The van der Waals surface area contributed by atoms with Crippen LogP contribution in [0.4, 0.5) is 5.69 Å². The first-order chi connectivity index (χ1) is 8.33. The first kappa shape index (κ1) is 13.3. The van der Waals surface area contributed by atoms with Crippen LogP contribution in [0.1, 0.15) is 12.8 Å². The standard InChI is InChI=1S/C12H18N2O3/c1-16-11-7-5-6-10(12(11)17-2)14-13-8-3-4-9-15/h5-8,14-15H,3-4,9H2,1-2H3/b13-8+. The first-order valence-electron chi connectivity index (χ1n) is 5.43. The molecule has 0 aliphatic carbocycles. The van der Waals surface area contributed by atoms with Crippen molar-refractivity contribution in [1.82, 2.24) is 0 Å². The van der Waals surface area contributed by atoms with Crippen molar-refractivity contribution >= 4 is 11.9 Å². The Hall–Kier alpha value is -1.75. The van der Waals surface area contributed by atoms with Crippen LogP contribution in [0.5, 0.6) is 11.5 Å². The van der Waals surface area contributed by atoms with Crippen LogP contribution in [-0.2, 0) is 0 Å². The molecule has 94 valence electrons. The predicted octanol–water partition coefficient (Wildman–Crippen LogP) is 1.87. The molecule has 0 unspecified atom stereocenters. The molecule has 2 N–H and O–H groups in total. The number of aliphatic hydroxyl groups excluding tert-OH is 1. The highest BCUT2D eigenvalue weighted by Gasteiger charge is 2.07. The van der Waals surface area contributed by atoms with Crippen molar-refractivity contribution < 1.29 is 14.6 Å². The number of hydrogen-bond donors (Lipinski definition) is 2. The lowest BCUT2D eigenvalue weighted by Gasteiger charge is -2.11. The van der Waals surface area contributed by atoms with Crippen LogP contribution in [0.3, 0.4) is 0 Å². The lowest BCUT2D eigenvalue weighted by atomic mass is 10.3. The fraction of sp³-hybridized carbons (Fsp3) is 0.417. The van der Waals surface area contributed by atoms with Crippen molar-refractivity contribution in [3.8, 4) is 11.5 Å². The highest BCUT2D eigenvalue weighted by molar-refractivity contribution is 5.65. The minimum absolute atomic E-state index is 0.175. The summed E-state index contributed by atoms with van der Waals surface area (Å²) in [6.07, 6.45) is 3.16. The highest BCUT2D eigenvalue weighted by atomic mass is 16.5. The molecule has 0 atom stereocenters. The molecular weight excluding hydrogens is 220 g/mol. The molecule has 17 heavy (non-hydrogen) atoms. The van der Waals surface area contributed by atoms with Gasteiger partial charge in [-0.2, -0.15) is 5.10 Å². The number of benzene rings is 1. The summed E-state index contributed by atoms with van der Waals surface area (Å²) >= 11 is 0. The lowest BCUT2D eigenvalue weighted by molar-refractivity contribution is 0.291. The van der Waals surface area contributed by atoms with Gasteiger partial charge in [-0.15, -0.1) is 0 Å². The van der Waals surface area contributed by atoms with E-state index in [9.17, 15) is 0 Å². The normalized spacial score (nSPS) is 10.5. The van der Waals surface area contributed by atoms with Crippen LogP contribution >= 0.6 is 0 Å². The van der Waals surface area contributed by atoms with E-state index in [4.69, 9.17) is 14.6 Å². The Balaban J connectivity index is 2.67. The van der Waals surface area contributed by atoms with Gasteiger partial charge in [0.25, 0.3) is 0 Å². The summed E-state index contributed by atoms with van der Waals surface area (Å²) in [5, 5.41) is 12.7. The van der Waals surface area contributed by atoms with Gasteiger partial charge in [0.1, 0.15) is 5.69 Å². The van der Waals surface area contributed by atoms with Crippen LogP contribution in [0, 0.1) is 0 Å². The monoisotopic (exact) mass is 238 g/mol. The third-order valence-electron chi connectivity index (χ3n) is 2.17.